The van der Waals surface area contributed by atoms with E-state index in [1.54, 1.807) is 0 Å². The van der Waals surface area contributed by atoms with E-state index in [0.29, 0.717) is 12.8 Å². The molecule has 26 heavy (non-hydrogen) atoms. The highest BCUT2D eigenvalue weighted by Crippen LogP contribution is 2.64. The normalized spacial score (nSPS) is 26.9. The first kappa shape index (κ1) is 19.4. The molecule has 0 amide bonds. The Hall–Kier alpha value is -1.38. The molecule has 2 unspecified atom stereocenters. The molecular formula is C16H18Cl2N2O5S. The lowest BCUT2D eigenvalue weighted by Crippen LogP contribution is -2.43. The fourth-order valence-corrected chi connectivity index (χ4v) is 6.62. The number of halogens is 2. The van der Waals surface area contributed by atoms with Crippen LogP contribution in [0.5, 0.6) is 0 Å². The molecule has 0 aliphatic heterocycles. The van der Waals surface area contributed by atoms with E-state index in [-0.39, 0.29) is 27.4 Å². The zero-order valence-corrected chi connectivity index (χ0v) is 16.5. The Balaban J connectivity index is 1.95. The second-order valence-corrected chi connectivity index (χ2v) is 10.1. The number of hydrogen-bond donors (Lipinski definition) is 1. The third-order valence-corrected chi connectivity index (χ3v) is 8.20. The Kier molecular flexibility index (Phi) is 4.53. The van der Waals surface area contributed by atoms with Gasteiger partial charge in [-0.1, -0.05) is 37.0 Å². The van der Waals surface area contributed by atoms with Crippen molar-refractivity contribution >= 4 is 50.4 Å². The number of hydrogen-bond acceptors (Lipinski definition) is 5. The predicted octanol–water partition coefficient (Wildman–Crippen LogP) is 4.04. The predicted molar refractivity (Wildman–Crippen MR) is 99.1 cm³/mol. The summed E-state index contributed by atoms with van der Waals surface area (Å²) in [5, 5.41) is 11.2. The minimum absolute atomic E-state index is 0.00803. The highest BCUT2D eigenvalue weighted by atomic mass is 35.5. The summed E-state index contributed by atoms with van der Waals surface area (Å²) in [6, 6.07) is 2.10. The van der Waals surface area contributed by atoms with Gasteiger partial charge in [0, 0.05) is 12.5 Å². The first-order valence-corrected chi connectivity index (χ1v) is 10.5. The molecule has 3 rings (SSSR count). The molecule has 1 aromatic rings. The van der Waals surface area contributed by atoms with Gasteiger partial charge in [0.15, 0.2) is 0 Å². The van der Waals surface area contributed by atoms with Crippen LogP contribution in [-0.2, 0) is 14.8 Å². The summed E-state index contributed by atoms with van der Waals surface area (Å²) in [6.07, 6.45) is 1.70. The van der Waals surface area contributed by atoms with E-state index in [1.165, 1.54) is 0 Å². The van der Waals surface area contributed by atoms with Crippen molar-refractivity contribution in [1.29, 1.82) is 0 Å². The molecule has 0 saturated heterocycles. The standard InChI is InChI=1S/C16H18Cl2N2O5S/c1-15(2)9-3-4-16(15,14(21)5-9)8-26(24,25)19-12-6-10(17)11(18)7-13(12)20(22)23/h6-7,9,19H,3-5,8H2,1-2H3. The van der Waals surface area contributed by atoms with Crippen LogP contribution in [0, 0.1) is 26.9 Å². The first-order valence-electron chi connectivity index (χ1n) is 8.07. The lowest BCUT2D eigenvalue weighted by atomic mass is 9.70. The average Bonchev–Trinajstić information content (AvgIpc) is 2.83. The van der Waals surface area contributed by atoms with Crippen LogP contribution in [0.4, 0.5) is 11.4 Å². The number of nitro benzene ring substituents is 1. The van der Waals surface area contributed by atoms with Gasteiger partial charge in [0.2, 0.25) is 10.0 Å². The van der Waals surface area contributed by atoms with E-state index in [4.69, 9.17) is 23.2 Å². The molecule has 2 fully saturated rings. The molecule has 7 nitrogen and oxygen atoms in total. The Labute approximate surface area is 161 Å². The van der Waals surface area contributed by atoms with Crippen LogP contribution in [0.1, 0.15) is 33.1 Å². The quantitative estimate of drug-likeness (QED) is 0.571. The van der Waals surface area contributed by atoms with E-state index in [0.717, 1.165) is 18.6 Å². The van der Waals surface area contributed by atoms with Gasteiger partial charge in [-0.2, -0.15) is 0 Å². The van der Waals surface area contributed by atoms with Crippen molar-refractivity contribution in [1.82, 2.24) is 0 Å². The zero-order valence-electron chi connectivity index (χ0n) is 14.2. The van der Waals surface area contributed by atoms with Crippen LogP contribution in [0.3, 0.4) is 0 Å². The second-order valence-electron chi connectivity index (χ2n) is 7.57. The topological polar surface area (TPSA) is 106 Å². The number of nitrogens with zero attached hydrogens (tertiary/aromatic N) is 1. The van der Waals surface area contributed by atoms with Crippen LogP contribution >= 0.6 is 23.2 Å². The van der Waals surface area contributed by atoms with Crippen molar-refractivity contribution in [2.45, 2.75) is 33.1 Å². The number of carbonyl (C=O) groups is 1. The third-order valence-electron chi connectivity index (χ3n) is 6.08. The van der Waals surface area contributed by atoms with Gasteiger partial charge < -0.3 is 0 Å². The maximum Gasteiger partial charge on any atom is 0.294 e. The van der Waals surface area contributed by atoms with Crippen molar-refractivity contribution in [3.8, 4) is 0 Å². The molecule has 0 heterocycles. The number of Topliss-reactive ketones (excluding diaryl/α,β-unsaturated/α-hetero) is 1. The van der Waals surface area contributed by atoms with E-state index in [9.17, 15) is 23.3 Å². The summed E-state index contributed by atoms with van der Waals surface area (Å²) in [7, 11) is -4.03. The number of fused-ring (bicyclic) bond motifs is 2. The van der Waals surface area contributed by atoms with Crippen LogP contribution in [0.2, 0.25) is 10.0 Å². The Bertz CT molecular complexity index is 915. The molecule has 1 N–H and O–H groups in total. The van der Waals surface area contributed by atoms with E-state index in [2.05, 4.69) is 4.72 Å². The van der Waals surface area contributed by atoms with E-state index in [1.807, 2.05) is 13.8 Å². The number of nitro groups is 1. The van der Waals surface area contributed by atoms with Crippen molar-refractivity contribution in [2.75, 3.05) is 10.5 Å². The summed E-state index contributed by atoms with van der Waals surface area (Å²) in [4.78, 5) is 23.0. The second kappa shape index (κ2) is 6.07. The Morgan fingerprint density at radius 3 is 2.42 bits per heavy atom. The van der Waals surface area contributed by atoms with Crippen LogP contribution in [-0.4, -0.2) is 24.9 Å². The van der Waals surface area contributed by atoms with Gasteiger partial charge in [0.05, 0.1) is 26.1 Å². The monoisotopic (exact) mass is 420 g/mol. The summed E-state index contributed by atoms with van der Waals surface area (Å²) in [6.45, 7) is 3.85. The number of sulfonamides is 1. The number of benzene rings is 1. The number of carbonyl (C=O) groups excluding carboxylic acids is 1. The highest BCUT2D eigenvalue weighted by molar-refractivity contribution is 7.92. The lowest BCUT2D eigenvalue weighted by molar-refractivity contribution is -0.383. The van der Waals surface area contributed by atoms with Crippen molar-refractivity contribution in [2.24, 2.45) is 16.7 Å². The third kappa shape index (κ3) is 2.88. The molecule has 2 bridgehead atoms. The maximum atomic E-state index is 12.8. The Morgan fingerprint density at radius 2 is 1.92 bits per heavy atom. The van der Waals surface area contributed by atoms with Crippen molar-refractivity contribution in [3.63, 3.8) is 0 Å². The summed E-state index contributed by atoms with van der Waals surface area (Å²) in [5.41, 5.74) is -2.16. The van der Waals surface area contributed by atoms with Crippen LogP contribution in [0.25, 0.3) is 0 Å². The molecule has 2 atom stereocenters. The van der Waals surface area contributed by atoms with Gasteiger partial charge in [0.25, 0.3) is 5.69 Å². The molecule has 2 aliphatic carbocycles. The van der Waals surface area contributed by atoms with E-state index >= 15 is 0 Å². The zero-order chi connectivity index (χ0) is 19.5. The minimum Gasteiger partial charge on any atom is -0.299 e. The number of anilines is 1. The lowest BCUT2D eigenvalue weighted by Gasteiger charge is -2.36. The molecular weight excluding hydrogens is 403 g/mol. The van der Waals surface area contributed by atoms with E-state index < -0.39 is 37.2 Å². The SMILES string of the molecule is CC1(C)C2CCC1(CS(=O)(=O)Nc1cc(Cl)c(Cl)cc1[N+](=O)[O-])C(=O)C2. The van der Waals surface area contributed by atoms with Gasteiger partial charge in [-0.15, -0.1) is 0 Å². The average molecular weight is 421 g/mol. The van der Waals surface area contributed by atoms with Gasteiger partial charge >= 0.3 is 0 Å². The molecule has 1 aromatic carbocycles. The summed E-state index contributed by atoms with van der Waals surface area (Å²) in [5.74, 6) is -0.281. The summed E-state index contributed by atoms with van der Waals surface area (Å²) >= 11 is 11.7. The smallest absolute Gasteiger partial charge is 0.294 e. The van der Waals surface area contributed by atoms with Crippen molar-refractivity contribution < 1.29 is 18.1 Å². The highest BCUT2D eigenvalue weighted by Gasteiger charge is 2.65. The molecule has 0 radical (unpaired) electrons. The van der Waals surface area contributed by atoms with Crippen LogP contribution in [0.15, 0.2) is 12.1 Å². The molecule has 2 saturated carbocycles. The molecule has 2 aliphatic rings. The number of ketones is 1. The molecule has 10 heteroatoms. The maximum absolute atomic E-state index is 12.8. The summed E-state index contributed by atoms with van der Waals surface area (Å²) < 4.78 is 27.8. The fraction of sp³-hybridized carbons (Fsp3) is 0.562. The molecule has 0 spiro atoms. The largest absolute Gasteiger partial charge is 0.299 e. The van der Waals surface area contributed by atoms with Gasteiger partial charge in [-0.25, -0.2) is 8.42 Å². The van der Waals surface area contributed by atoms with Crippen LogP contribution < -0.4 is 4.72 Å². The van der Waals surface area contributed by atoms with Gasteiger partial charge in [0.1, 0.15) is 11.5 Å². The van der Waals surface area contributed by atoms with Gasteiger partial charge in [-0.05, 0) is 30.2 Å². The molecule has 142 valence electrons. The van der Waals surface area contributed by atoms with Gasteiger partial charge in [-0.3, -0.25) is 19.6 Å². The Morgan fingerprint density at radius 1 is 1.31 bits per heavy atom. The minimum atomic E-state index is -4.03. The first-order chi connectivity index (χ1) is 11.9. The van der Waals surface area contributed by atoms with Crippen molar-refractivity contribution in [3.05, 3.63) is 32.3 Å². The molecule has 0 aromatic heterocycles. The number of nitrogens with one attached hydrogen (secondary N) is 1. The number of rotatable bonds is 5. The fourth-order valence-electron chi connectivity index (χ4n) is 4.41.